The van der Waals surface area contributed by atoms with E-state index < -0.39 is 0 Å². The highest BCUT2D eigenvalue weighted by Crippen LogP contribution is 2.30. The Kier molecular flexibility index (Phi) is 5.49. The van der Waals surface area contributed by atoms with E-state index >= 15 is 0 Å². The molecule has 3 rings (SSSR count). The van der Waals surface area contributed by atoms with E-state index in [1.165, 1.54) is 5.56 Å². The van der Waals surface area contributed by atoms with E-state index in [4.69, 9.17) is 0 Å². The van der Waals surface area contributed by atoms with Crippen molar-refractivity contribution < 1.29 is 9.59 Å². The van der Waals surface area contributed by atoms with Crippen LogP contribution in [0.15, 0.2) is 48.5 Å². The number of fused-ring (bicyclic) bond motifs is 1. The van der Waals surface area contributed by atoms with Crippen LogP contribution in [0.1, 0.15) is 29.5 Å². The third-order valence-electron chi connectivity index (χ3n) is 4.59. The number of benzene rings is 2. The van der Waals surface area contributed by atoms with Crippen molar-refractivity contribution in [3.8, 4) is 0 Å². The molecule has 130 valence electrons. The lowest BCUT2D eigenvalue weighted by molar-refractivity contribution is -0.121. The summed E-state index contributed by atoms with van der Waals surface area (Å²) in [5.41, 5.74) is 4.42. The van der Waals surface area contributed by atoms with Crippen molar-refractivity contribution in [2.24, 2.45) is 0 Å². The van der Waals surface area contributed by atoms with Gasteiger partial charge >= 0.3 is 0 Å². The average molecular weight is 336 g/mol. The molecule has 0 aromatic heterocycles. The first-order chi connectivity index (χ1) is 12.1. The third kappa shape index (κ3) is 4.27. The summed E-state index contributed by atoms with van der Waals surface area (Å²) in [5.74, 6) is 0.0319. The van der Waals surface area contributed by atoms with E-state index in [-0.39, 0.29) is 11.8 Å². The van der Waals surface area contributed by atoms with Crippen LogP contribution in [0, 0.1) is 6.92 Å². The third-order valence-corrected chi connectivity index (χ3v) is 4.59. The molecule has 2 aromatic carbocycles. The van der Waals surface area contributed by atoms with Crippen LogP contribution in [-0.4, -0.2) is 24.9 Å². The van der Waals surface area contributed by atoms with Gasteiger partial charge in [0.15, 0.2) is 0 Å². The average Bonchev–Trinajstić information content (AvgIpc) is 2.62. The minimum absolute atomic E-state index is 0.0470. The van der Waals surface area contributed by atoms with Crippen LogP contribution >= 0.6 is 0 Å². The number of carbonyl (C=O) groups is 2. The second-order valence-electron chi connectivity index (χ2n) is 6.49. The van der Waals surface area contributed by atoms with Crippen molar-refractivity contribution >= 4 is 17.5 Å². The van der Waals surface area contributed by atoms with Crippen LogP contribution in [0.3, 0.4) is 0 Å². The first kappa shape index (κ1) is 17.2. The van der Waals surface area contributed by atoms with Crippen molar-refractivity contribution in [3.63, 3.8) is 0 Å². The quantitative estimate of drug-likeness (QED) is 0.912. The molecule has 0 bridgehead atoms. The molecular formula is C21H24N2O2. The molecule has 0 unspecified atom stereocenters. The Labute approximate surface area is 148 Å². The highest BCUT2D eigenvalue weighted by molar-refractivity contribution is 5.95. The van der Waals surface area contributed by atoms with Crippen LogP contribution in [0.4, 0.5) is 5.69 Å². The summed E-state index contributed by atoms with van der Waals surface area (Å²) >= 11 is 0. The second kappa shape index (κ2) is 7.97. The highest BCUT2D eigenvalue weighted by atomic mass is 16.2. The van der Waals surface area contributed by atoms with Crippen molar-refractivity contribution in [2.75, 3.05) is 18.0 Å². The Hall–Kier alpha value is -2.62. The number of amides is 2. The van der Waals surface area contributed by atoms with Gasteiger partial charge in [0.2, 0.25) is 11.8 Å². The molecule has 4 nitrogen and oxygen atoms in total. The van der Waals surface area contributed by atoms with E-state index in [1.54, 1.807) is 0 Å². The number of nitrogens with zero attached hydrogens (tertiary/aromatic N) is 1. The zero-order valence-electron chi connectivity index (χ0n) is 14.6. The van der Waals surface area contributed by atoms with Crippen molar-refractivity contribution in [1.82, 2.24) is 5.32 Å². The van der Waals surface area contributed by atoms with E-state index in [0.717, 1.165) is 36.2 Å². The van der Waals surface area contributed by atoms with Crippen LogP contribution < -0.4 is 10.2 Å². The number of carbonyl (C=O) groups excluding carboxylic acids is 2. The highest BCUT2D eigenvalue weighted by Gasteiger charge is 2.23. The van der Waals surface area contributed by atoms with Gasteiger partial charge in [0, 0.05) is 25.2 Å². The molecule has 1 aliphatic rings. The van der Waals surface area contributed by atoms with Crippen molar-refractivity contribution in [3.05, 3.63) is 65.2 Å². The fraction of sp³-hybridized carbons (Fsp3) is 0.333. The molecule has 1 heterocycles. The molecule has 0 spiro atoms. The first-order valence-electron chi connectivity index (χ1n) is 8.84. The summed E-state index contributed by atoms with van der Waals surface area (Å²) in [7, 11) is 0. The van der Waals surface area contributed by atoms with Crippen LogP contribution in [-0.2, 0) is 22.4 Å². The maximum atomic E-state index is 12.6. The van der Waals surface area contributed by atoms with Gasteiger partial charge in [-0.25, -0.2) is 0 Å². The lowest BCUT2D eigenvalue weighted by atomic mass is 9.98. The summed E-state index contributed by atoms with van der Waals surface area (Å²) < 4.78 is 0. The van der Waals surface area contributed by atoms with Gasteiger partial charge in [-0.15, -0.1) is 0 Å². The van der Waals surface area contributed by atoms with Gasteiger partial charge in [0.1, 0.15) is 0 Å². The van der Waals surface area contributed by atoms with E-state index in [9.17, 15) is 9.59 Å². The number of rotatable bonds is 5. The number of para-hydroxylation sites is 1. The molecule has 1 N–H and O–H groups in total. The van der Waals surface area contributed by atoms with Crippen LogP contribution in [0.2, 0.25) is 0 Å². The van der Waals surface area contributed by atoms with Gasteiger partial charge in [-0.05, 0) is 36.5 Å². The number of nitrogens with one attached hydrogen (secondary N) is 1. The summed E-state index contributed by atoms with van der Waals surface area (Å²) in [4.78, 5) is 26.5. The fourth-order valence-electron chi connectivity index (χ4n) is 3.38. The molecule has 4 heteroatoms. The number of hydrogen-bond acceptors (Lipinski definition) is 2. The minimum atomic E-state index is -0.0470. The molecule has 25 heavy (non-hydrogen) atoms. The molecule has 0 aliphatic carbocycles. The van der Waals surface area contributed by atoms with Gasteiger partial charge in [-0.1, -0.05) is 48.5 Å². The number of hydrogen-bond donors (Lipinski definition) is 1. The normalized spacial score (nSPS) is 13.2. The fourth-order valence-corrected chi connectivity index (χ4v) is 3.38. The zero-order valence-corrected chi connectivity index (χ0v) is 14.6. The molecule has 0 atom stereocenters. The van der Waals surface area contributed by atoms with Crippen molar-refractivity contribution in [1.29, 1.82) is 0 Å². The maximum Gasteiger partial charge on any atom is 0.228 e. The molecule has 2 amide bonds. The van der Waals surface area contributed by atoms with Gasteiger partial charge < -0.3 is 10.2 Å². The molecule has 1 aliphatic heterocycles. The van der Waals surface area contributed by atoms with Gasteiger partial charge in [-0.3, -0.25) is 9.59 Å². The standard InChI is InChI=1S/C21H24N2O2/c1-16-7-5-10-18-11-6-14-23(21(16)18)20(25)12-13-22-19(24)15-17-8-3-2-4-9-17/h2-5,7-10H,6,11-15H2,1H3,(H,22,24). The summed E-state index contributed by atoms with van der Waals surface area (Å²) in [6.07, 6.45) is 2.69. The molecule has 0 radical (unpaired) electrons. The smallest absolute Gasteiger partial charge is 0.228 e. The SMILES string of the molecule is Cc1cccc2c1N(C(=O)CCNC(=O)Cc1ccccc1)CCC2. The van der Waals surface area contributed by atoms with Crippen LogP contribution in [0.5, 0.6) is 0 Å². The van der Waals surface area contributed by atoms with Crippen molar-refractivity contribution in [2.45, 2.75) is 32.6 Å². The molecule has 0 fully saturated rings. The molecule has 0 saturated heterocycles. The predicted octanol–water partition coefficient (Wildman–Crippen LogP) is 3.02. The zero-order chi connectivity index (χ0) is 17.6. The van der Waals surface area contributed by atoms with E-state index in [2.05, 4.69) is 11.4 Å². The Balaban J connectivity index is 1.53. The summed E-state index contributed by atoms with van der Waals surface area (Å²) in [5, 5.41) is 2.85. The molecule has 2 aromatic rings. The topological polar surface area (TPSA) is 49.4 Å². The van der Waals surface area contributed by atoms with Crippen LogP contribution in [0.25, 0.3) is 0 Å². The van der Waals surface area contributed by atoms with E-state index in [1.807, 2.05) is 54.3 Å². The minimum Gasteiger partial charge on any atom is -0.355 e. The lowest BCUT2D eigenvalue weighted by Gasteiger charge is -2.31. The Morgan fingerprint density at radius 3 is 2.68 bits per heavy atom. The predicted molar refractivity (Wildman–Crippen MR) is 99.6 cm³/mol. The number of aryl methyl sites for hydroxylation is 2. The summed E-state index contributed by atoms with van der Waals surface area (Å²) in [6, 6.07) is 15.8. The largest absolute Gasteiger partial charge is 0.355 e. The Morgan fingerprint density at radius 2 is 1.88 bits per heavy atom. The lowest BCUT2D eigenvalue weighted by Crippen LogP contribution is -2.38. The number of anilines is 1. The first-order valence-corrected chi connectivity index (χ1v) is 8.84. The second-order valence-corrected chi connectivity index (χ2v) is 6.49. The maximum absolute atomic E-state index is 12.6. The van der Waals surface area contributed by atoms with Gasteiger partial charge in [0.25, 0.3) is 0 Å². The Morgan fingerprint density at radius 1 is 1.08 bits per heavy atom. The van der Waals surface area contributed by atoms with E-state index in [0.29, 0.717) is 19.4 Å². The van der Waals surface area contributed by atoms with Gasteiger partial charge in [0.05, 0.1) is 6.42 Å². The monoisotopic (exact) mass is 336 g/mol. The molecular weight excluding hydrogens is 312 g/mol. The molecule has 0 saturated carbocycles. The summed E-state index contributed by atoms with van der Waals surface area (Å²) in [6.45, 7) is 3.18. The van der Waals surface area contributed by atoms with Gasteiger partial charge in [-0.2, -0.15) is 0 Å². The Bertz CT molecular complexity index is 756.